The molecule has 3 aromatic carbocycles. The molecule has 2 amide bonds. The summed E-state index contributed by atoms with van der Waals surface area (Å²) in [5, 5.41) is 3.95. The first kappa shape index (κ1) is 28.3. The van der Waals surface area contributed by atoms with E-state index in [1.165, 1.54) is 28.8 Å². The second-order valence-electron chi connectivity index (χ2n) is 8.01. The van der Waals surface area contributed by atoms with Crippen LogP contribution in [0.15, 0.2) is 66.7 Å². The normalized spacial score (nSPS) is 11.7. The summed E-state index contributed by atoms with van der Waals surface area (Å²) in [7, 11) is 0. The van der Waals surface area contributed by atoms with Gasteiger partial charge in [0.2, 0.25) is 11.8 Å². The first-order valence-electron chi connectivity index (χ1n) is 11.4. The number of amides is 2. The van der Waals surface area contributed by atoms with Crippen LogP contribution >= 0.6 is 46.6 Å². The molecule has 0 aromatic heterocycles. The molecule has 3 rings (SSSR count). The van der Waals surface area contributed by atoms with Crippen molar-refractivity contribution in [3.63, 3.8) is 0 Å². The third-order valence-corrected chi connectivity index (χ3v) is 7.55. The lowest BCUT2D eigenvalue weighted by molar-refractivity contribution is -0.139. The van der Waals surface area contributed by atoms with Crippen molar-refractivity contribution in [1.29, 1.82) is 0 Å². The van der Waals surface area contributed by atoms with Crippen LogP contribution in [0.25, 0.3) is 0 Å². The molecule has 0 radical (unpaired) electrons. The van der Waals surface area contributed by atoms with Crippen LogP contribution < -0.4 is 5.32 Å². The Hall–Kier alpha value is -2.25. The molecule has 0 aliphatic carbocycles. The number of hydrogen-bond acceptors (Lipinski definition) is 3. The lowest BCUT2D eigenvalue weighted by Gasteiger charge is -2.32. The van der Waals surface area contributed by atoms with E-state index < -0.39 is 11.9 Å². The average Bonchev–Trinajstić information content (AvgIpc) is 2.85. The SMILES string of the molecule is CCNC(=O)C(Cc1ccccc1)N(Cc1c(Cl)cccc1Cl)C(=O)CSCc1c(F)cccc1Cl. The molecular formula is C27H26Cl3FN2O2S. The quantitative estimate of drug-likeness (QED) is 0.277. The van der Waals surface area contributed by atoms with Gasteiger partial charge in [-0.25, -0.2) is 4.39 Å². The van der Waals surface area contributed by atoms with Crippen LogP contribution in [0.3, 0.4) is 0 Å². The van der Waals surface area contributed by atoms with Crippen molar-refractivity contribution in [2.75, 3.05) is 12.3 Å². The molecule has 0 saturated carbocycles. The Kier molecular flexibility index (Phi) is 10.9. The maximum atomic E-state index is 14.2. The smallest absolute Gasteiger partial charge is 0.243 e. The fourth-order valence-corrected chi connectivity index (χ4v) is 5.46. The van der Waals surface area contributed by atoms with E-state index in [4.69, 9.17) is 34.8 Å². The van der Waals surface area contributed by atoms with Crippen molar-refractivity contribution < 1.29 is 14.0 Å². The minimum Gasteiger partial charge on any atom is -0.355 e. The van der Waals surface area contributed by atoms with Gasteiger partial charge in [-0.05, 0) is 36.8 Å². The molecule has 1 unspecified atom stereocenters. The minimum absolute atomic E-state index is 0.0113. The largest absolute Gasteiger partial charge is 0.355 e. The number of carbonyl (C=O) groups is 2. The summed E-state index contributed by atoms with van der Waals surface area (Å²) < 4.78 is 14.2. The molecule has 0 bridgehead atoms. The van der Waals surface area contributed by atoms with Crippen LogP contribution in [0.1, 0.15) is 23.6 Å². The van der Waals surface area contributed by atoms with E-state index in [1.807, 2.05) is 37.3 Å². The standard InChI is InChI=1S/C27H26Cl3FN2O2S/c1-2-32-27(35)25(14-18-8-4-3-5-9-18)33(15-19-21(28)10-6-11-22(19)29)26(34)17-36-16-20-23(30)12-7-13-24(20)31/h3-13,25H,2,14-17H2,1H3,(H,32,35). The highest BCUT2D eigenvalue weighted by Crippen LogP contribution is 2.28. The van der Waals surface area contributed by atoms with Gasteiger partial charge in [0, 0.05) is 51.5 Å². The summed E-state index contributed by atoms with van der Waals surface area (Å²) in [5.74, 6) is -0.776. The molecule has 0 heterocycles. The summed E-state index contributed by atoms with van der Waals surface area (Å²) in [5.41, 5.74) is 1.79. The van der Waals surface area contributed by atoms with E-state index in [2.05, 4.69) is 5.32 Å². The van der Waals surface area contributed by atoms with Gasteiger partial charge in [0.15, 0.2) is 0 Å². The lowest BCUT2D eigenvalue weighted by Crippen LogP contribution is -2.51. The van der Waals surface area contributed by atoms with Crippen molar-refractivity contribution in [3.8, 4) is 0 Å². The summed E-state index contributed by atoms with van der Waals surface area (Å²) >= 11 is 20.2. The highest BCUT2D eigenvalue weighted by molar-refractivity contribution is 7.99. The van der Waals surface area contributed by atoms with E-state index >= 15 is 0 Å². The molecule has 0 saturated heterocycles. The number of halogens is 4. The number of carbonyl (C=O) groups excluding carboxylic acids is 2. The van der Waals surface area contributed by atoms with Crippen LogP contribution in [0.2, 0.25) is 15.1 Å². The monoisotopic (exact) mass is 566 g/mol. The topological polar surface area (TPSA) is 49.4 Å². The molecule has 0 fully saturated rings. The summed E-state index contributed by atoms with van der Waals surface area (Å²) in [6, 6.07) is 18.3. The Bertz CT molecular complexity index is 1160. The van der Waals surface area contributed by atoms with Crippen molar-refractivity contribution in [2.24, 2.45) is 0 Å². The molecule has 0 aliphatic rings. The van der Waals surface area contributed by atoms with E-state index in [0.717, 1.165) is 5.56 Å². The average molecular weight is 568 g/mol. The molecule has 190 valence electrons. The maximum absolute atomic E-state index is 14.2. The van der Waals surface area contributed by atoms with Crippen molar-refractivity contribution >= 4 is 58.4 Å². The third kappa shape index (κ3) is 7.62. The van der Waals surface area contributed by atoms with Gasteiger partial charge in [0.05, 0.1) is 5.75 Å². The zero-order chi connectivity index (χ0) is 26.1. The minimum atomic E-state index is -0.801. The summed E-state index contributed by atoms with van der Waals surface area (Å²) in [4.78, 5) is 28.3. The Morgan fingerprint density at radius 3 is 2.14 bits per heavy atom. The molecule has 0 aliphatic heterocycles. The second-order valence-corrected chi connectivity index (χ2v) is 10.2. The van der Waals surface area contributed by atoms with Crippen molar-refractivity contribution in [2.45, 2.75) is 31.7 Å². The van der Waals surface area contributed by atoms with E-state index in [9.17, 15) is 14.0 Å². The Labute approximate surface area is 230 Å². The van der Waals surface area contributed by atoms with Crippen LogP contribution in [-0.2, 0) is 28.3 Å². The van der Waals surface area contributed by atoms with Crippen LogP contribution in [0.5, 0.6) is 0 Å². The second kappa shape index (κ2) is 13.9. The molecule has 1 N–H and O–H groups in total. The highest BCUT2D eigenvalue weighted by atomic mass is 35.5. The Morgan fingerprint density at radius 1 is 0.917 bits per heavy atom. The fraction of sp³-hybridized carbons (Fsp3) is 0.259. The van der Waals surface area contributed by atoms with Crippen molar-refractivity contribution in [3.05, 3.63) is 104 Å². The van der Waals surface area contributed by atoms with Gasteiger partial charge in [-0.1, -0.05) is 77.3 Å². The van der Waals surface area contributed by atoms with Crippen molar-refractivity contribution in [1.82, 2.24) is 10.2 Å². The van der Waals surface area contributed by atoms with Crippen LogP contribution in [0.4, 0.5) is 4.39 Å². The molecular weight excluding hydrogens is 542 g/mol. The first-order valence-corrected chi connectivity index (χ1v) is 13.6. The lowest BCUT2D eigenvalue weighted by atomic mass is 10.0. The van der Waals surface area contributed by atoms with Gasteiger partial charge in [0.1, 0.15) is 11.9 Å². The predicted octanol–water partition coefficient (Wildman–Crippen LogP) is 6.80. The molecule has 1 atom stereocenters. The van der Waals surface area contributed by atoms with E-state index in [0.29, 0.717) is 39.2 Å². The predicted molar refractivity (Wildman–Crippen MR) is 147 cm³/mol. The third-order valence-electron chi connectivity index (χ3n) is 5.55. The Balaban J connectivity index is 1.89. The van der Waals surface area contributed by atoms with Gasteiger partial charge >= 0.3 is 0 Å². The van der Waals surface area contributed by atoms with Gasteiger partial charge < -0.3 is 10.2 Å². The van der Waals surface area contributed by atoms with E-state index in [-0.39, 0.29) is 29.9 Å². The maximum Gasteiger partial charge on any atom is 0.243 e. The van der Waals surface area contributed by atoms with Crippen LogP contribution in [-0.4, -0.2) is 35.1 Å². The number of benzene rings is 3. The molecule has 36 heavy (non-hydrogen) atoms. The fourth-order valence-electron chi connectivity index (χ4n) is 3.69. The van der Waals surface area contributed by atoms with Gasteiger partial charge in [0.25, 0.3) is 0 Å². The highest BCUT2D eigenvalue weighted by Gasteiger charge is 2.31. The number of nitrogens with one attached hydrogen (secondary N) is 1. The zero-order valence-electron chi connectivity index (χ0n) is 19.6. The first-order chi connectivity index (χ1) is 17.3. The summed E-state index contributed by atoms with van der Waals surface area (Å²) in [6.45, 7) is 2.29. The van der Waals surface area contributed by atoms with E-state index in [1.54, 1.807) is 24.3 Å². The van der Waals surface area contributed by atoms with Gasteiger partial charge in [-0.2, -0.15) is 0 Å². The number of rotatable bonds is 11. The molecule has 4 nitrogen and oxygen atoms in total. The van der Waals surface area contributed by atoms with Gasteiger partial charge in [-0.15, -0.1) is 11.8 Å². The van der Waals surface area contributed by atoms with Crippen LogP contribution in [0, 0.1) is 5.82 Å². The number of hydrogen-bond donors (Lipinski definition) is 1. The number of likely N-dealkylation sites (N-methyl/N-ethyl adjacent to an activating group) is 1. The van der Waals surface area contributed by atoms with Gasteiger partial charge in [-0.3, -0.25) is 9.59 Å². The summed E-state index contributed by atoms with van der Waals surface area (Å²) in [6.07, 6.45) is 0.310. The molecule has 0 spiro atoms. The number of thioether (sulfide) groups is 1. The molecule has 3 aromatic rings. The number of nitrogens with zero attached hydrogens (tertiary/aromatic N) is 1. The molecule has 9 heteroatoms. The zero-order valence-corrected chi connectivity index (χ0v) is 22.7. The Morgan fingerprint density at radius 2 is 1.53 bits per heavy atom.